The molecule has 0 spiro atoms. The Hall–Kier alpha value is -9.20. The molecule has 7 heteroatoms. The summed E-state index contributed by atoms with van der Waals surface area (Å²) in [7, 11) is 0. The number of rotatable bonds is 8. The maximum Gasteiger partial charge on any atom is 0.221 e. The number of aromatic nitrogens is 4. The quantitative estimate of drug-likeness (QED) is 0.152. The molecular weight excluding hydrogens is 953 g/mol. The molecule has 0 amide bonds. The van der Waals surface area contributed by atoms with Gasteiger partial charge in [-0.25, -0.2) is 9.97 Å². The Balaban J connectivity index is 0.967. The van der Waals surface area contributed by atoms with E-state index in [9.17, 15) is 0 Å². The van der Waals surface area contributed by atoms with Gasteiger partial charge in [-0.05, 0) is 141 Å². The summed E-state index contributed by atoms with van der Waals surface area (Å²) < 4.78 is 11.8. The van der Waals surface area contributed by atoms with Gasteiger partial charge in [0.25, 0.3) is 0 Å². The van der Waals surface area contributed by atoms with Gasteiger partial charge in [0, 0.05) is 40.6 Å². The van der Waals surface area contributed by atoms with Gasteiger partial charge in [0.05, 0.1) is 39.1 Å². The van der Waals surface area contributed by atoms with E-state index in [0.717, 1.165) is 62.0 Å². The number of hydrogen-bond donors (Lipinski definition) is 0. The zero-order valence-corrected chi connectivity index (χ0v) is 45.2. The molecule has 0 atom stereocenters. The standard InChI is InChI=1S/C71H60N6O/c1-69(2,3)48-36-37-72-66(42-48)77-65-44-52(34-35-64(65)76-61-31-19-18-30-60(61)73-68(76)77)78-53-39-50(71(7)58-28-16-14-26-54(58)55-27-15-17-29-59(55)71)38-51(43-53)74-45-75(63-33-21-20-32-62(63)74)67-56(46-22-10-8-11-23-46)40-49(70(4,5)6)41-57(67)47-24-12-9-13-25-47/h8-44H,45H2,1-7H3. The fourth-order valence-corrected chi connectivity index (χ4v) is 12.3. The van der Waals surface area contributed by atoms with Crippen LogP contribution in [-0.4, -0.2) is 25.6 Å². The molecule has 2 aliphatic rings. The fraction of sp³-hybridized carbons (Fsp3) is 0.155. The minimum absolute atomic E-state index is 0.0802. The first-order chi connectivity index (χ1) is 37.8. The van der Waals surface area contributed by atoms with Crippen LogP contribution in [0.2, 0.25) is 0 Å². The van der Waals surface area contributed by atoms with Crippen molar-refractivity contribution in [2.75, 3.05) is 16.5 Å². The summed E-state index contributed by atoms with van der Waals surface area (Å²) in [5, 5.41) is 0. The topological polar surface area (TPSA) is 50.8 Å². The molecule has 0 saturated heterocycles. The van der Waals surface area contributed by atoms with Crippen molar-refractivity contribution in [3.8, 4) is 50.7 Å². The second-order valence-corrected chi connectivity index (χ2v) is 23.3. The summed E-state index contributed by atoms with van der Waals surface area (Å²) >= 11 is 0. The molecule has 4 heterocycles. The Morgan fingerprint density at radius 1 is 0.474 bits per heavy atom. The van der Waals surface area contributed by atoms with E-state index >= 15 is 0 Å². The van der Waals surface area contributed by atoms with Crippen LogP contribution in [0, 0.1) is 0 Å². The number of anilines is 4. The van der Waals surface area contributed by atoms with Crippen molar-refractivity contribution >= 4 is 50.6 Å². The molecule has 0 radical (unpaired) electrons. The van der Waals surface area contributed by atoms with Crippen LogP contribution in [0.15, 0.2) is 225 Å². The van der Waals surface area contributed by atoms with Crippen LogP contribution in [-0.2, 0) is 16.2 Å². The lowest BCUT2D eigenvalue weighted by Gasteiger charge is -2.31. The molecule has 3 aromatic heterocycles. The average molecular weight is 1010 g/mol. The van der Waals surface area contributed by atoms with E-state index in [1.54, 1.807) is 0 Å². The number of nitrogens with zero attached hydrogens (tertiary/aromatic N) is 6. The summed E-state index contributed by atoms with van der Waals surface area (Å²) in [6, 6.07) is 79.3. The van der Waals surface area contributed by atoms with E-state index in [-0.39, 0.29) is 10.8 Å². The Morgan fingerprint density at radius 2 is 1.06 bits per heavy atom. The van der Waals surface area contributed by atoms with Crippen LogP contribution in [0.4, 0.5) is 22.7 Å². The van der Waals surface area contributed by atoms with Crippen LogP contribution in [0.25, 0.3) is 67.0 Å². The van der Waals surface area contributed by atoms with E-state index in [2.05, 4.69) is 280 Å². The molecule has 14 rings (SSSR count). The first kappa shape index (κ1) is 47.3. The lowest BCUT2D eigenvalue weighted by molar-refractivity contribution is 0.481. The van der Waals surface area contributed by atoms with Gasteiger partial charge in [0.2, 0.25) is 5.78 Å². The second-order valence-electron chi connectivity index (χ2n) is 23.3. The number of imidazole rings is 2. The third kappa shape index (κ3) is 7.54. The first-order valence-corrected chi connectivity index (χ1v) is 27.2. The van der Waals surface area contributed by atoms with E-state index < -0.39 is 5.41 Å². The van der Waals surface area contributed by atoms with Crippen molar-refractivity contribution < 1.29 is 4.74 Å². The molecule has 0 fully saturated rings. The third-order valence-corrected chi connectivity index (χ3v) is 16.4. The summed E-state index contributed by atoms with van der Waals surface area (Å²) in [5.41, 5.74) is 21.2. The van der Waals surface area contributed by atoms with Crippen molar-refractivity contribution in [3.63, 3.8) is 0 Å². The van der Waals surface area contributed by atoms with Gasteiger partial charge in [-0.1, -0.05) is 175 Å². The van der Waals surface area contributed by atoms with Crippen molar-refractivity contribution in [1.29, 1.82) is 0 Å². The number of pyridine rings is 1. The number of para-hydroxylation sites is 4. The lowest BCUT2D eigenvalue weighted by atomic mass is 9.74. The monoisotopic (exact) mass is 1010 g/mol. The van der Waals surface area contributed by atoms with Crippen LogP contribution in [0.5, 0.6) is 11.5 Å². The molecule has 0 N–H and O–H groups in total. The molecular formula is C71H60N6O. The summed E-state index contributed by atoms with van der Waals surface area (Å²) in [6.45, 7) is 16.6. The SMILES string of the molecule is CC(C)(C)c1ccnc(-n2c3cc(Oc4cc(N5CN(c6c(-c7ccccc7)cc(C(C)(C)C)cc6-c6ccccc6)c6ccccc65)cc(C5(C)c6ccccc6-c6ccccc65)c4)ccc3n3c4ccccc4nc23)c1. The molecule has 0 bridgehead atoms. The summed E-state index contributed by atoms with van der Waals surface area (Å²) in [6.07, 6.45) is 1.91. The molecule has 7 nitrogen and oxygen atoms in total. The highest BCUT2D eigenvalue weighted by Crippen LogP contribution is 2.56. The Labute approximate surface area is 456 Å². The third-order valence-electron chi connectivity index (χ3n) is 16.4. The molecule has 0 unspecified atom stereocenters. The normalized spacial score (nSPS) is 13.8. The average Bonchev–Trinajstić information content (AvgIpc) is 4.38. The van der Waals surface area contributed by atoms with Gasteiger partial charge >= 0.3 is 0 Å². The zero-order chi connectivity index (χ0) is 53.1. The lowest BCUT2D eigenvalue weighted by Crippen LogP contribution is -2.27. The van der Waals surface area contributed by atoms with E-state index in [1.165, 1.54) is 61.3 Å². The van der Waals surface area contributed by atoms with Crippen LogP contribution < -0.4 is 14.5 Å². The maximum absolute atomic E-state index is 7.33. The maximum atomic E-state index is 7.33. The van der Waals surface area contributed by atoms with Crippen molar-refractivity contribution in [3.05, 3.63) is 252 Å². The predicted molar refractivity (Wildman–Crippen MR) is 322 cm³/mol. The van der Waals surface area contributed by atoms with Crippen molar-refractivity contribution in [2.24, 2.45) is 0 Å². The van der Waals surface area contributed by atoms with Gasteiger partial charge in [0.15, 0.2) is 0 Å². The van der Waals surface area contributed by atoms with Crippen molar-refractivity contribution in [1.82, 2.24) is 18.9 Å². The Kier molecular flexibility index (Phi) is 10.7. The highest BCUT2D eigenvalue weighted by Gasteiger charge is 2.42. The highest BCUT2D eigenvalue weighted by molar-refractivity contribution is 6.00. The van der Waals surface area contributed by atoms with Crippen LogP contribution >= 0.6 is 0 Å². The largest absolute Gasteiger partial charge is 0.457 e. The zero-order valence-electron chi connectivity index (χ0n) is 45.2. The smallest absolute Gasteiger partial charge is 0.221 e. The Bertz CT molecular complexity index is 4220. The van der Waals surface area contributed by atoms with Gasteiger partial charge in [-0.3, -0.25) is 8.97 Å². The minimum atomic E-state index is -0.501. The summed E-state index contributed by atoms with van der Waals surface area (Å²) in [5.74, 6) is 3.06. The molecule has 78 heavy (non-hydrogen) atoms. The molecule has 12 aromatic rings. The predicted octanol–water partition coefficient (Wildman–Crippen LogP) is 18.1. The first-order valence-electron chi connectivity index (χ1n) is 27.2. The molecule has 1 aliphatic carbocycles. The number of benzene rings is 9. The van der Waals surface area contributed by atoms with Gasteiger partial charge < -0.3 is 14.5 Å². The molecule has 9 aromatic carbocycles. The molecule has 380 valence electrons. The van der Waals surface area contributed by atoms with E-state index in [1.807, 2.05) is 12.3 Å². The number of ether oxygens (including phenoxy) is 1. The van der Waals surface area contributed by atoms with Crippen molar-refractivity contribution in [2.45, 2.75) is 64.7 Å². The van der Waals surface area contributed by atoms with Gasteiger partial charge in [0.1, 0.15) is 24.0 Å². The van der Waals surface area contributed by atoms with Crippen LogP contribution in [0.3, 0.4) is 0 Å². The fourth-order valence-electron chi connectivity index (χ4n) is 12.3. The van der Waals surface area contributed by atoms with Crippen LogP contribution in [0.1, 0.15) is 76.3 Å². The Morgan fingerprint density at radius 3 is 1.72 bits per heavy atom. The van der Waals surface area contributed by atoms with Gasteiger partial charge in [-0.15, -0.1) is 0 Å². The number of fused-ring (bicyclic) bond motifs is 9. The minimum Gasteiger partial charge on any atom is -0.457 e. The van der Waals surface area contributed by atoms with E-state index in [0.29, 0.717) is 12.4 Å². The molecule has 0 saturated carbocycles. The number of hydrogen-bond acceptors (Lipinski definition) is 5. The van der Waals surface area contributed by atoms with Gasteiger partial charge in [-0.2, -0.15) is 0 Å². The highest BCUT2D eigenvalue weighted by atomic mass is 16.5. The van der Waals surface area contributed by atoms with E-state index in [4.69, 9.17) is 14.7 Å². The molecule has 1 aliphatic heterocycles. The second kappa shape index (κ2) is 17.7. The summed E-state index contributed by atoms with van der Waals surface area (Å²) in [4.78, 5) is 15.2.